The summed E-state index contributed by atoms with van der Waals surface area (Å²) in [5, 5.41) is 18.0. The smallest absolute Gasteiger partial charge is 0.261 e. The molecule has 1 aliphatic heterocycles. The Morgan fingerprint density at radius 3 is 2.88 bits per heavy atom. The second kappa shape index (κ2) is 6.90. The number of rotatable bonds is 5. The zero-order chi connectivity index (χ0) is 17.9. The first kappa shape index (κ1) is 16.2. The molecule has 0 radical (unpaired) electrons. The van der Waals surface area contributed by atoms with Gasteiger partial charge in [0.1, 0.15) is 17.9 Å². The molecule has 0 bridgehead atoms. The Kier molecular flexibility index (Phi) is 4.30. The van der Waals surface area contributed by atoms with Gasteiger partial charge in [0.25, 0.3) is 5.91 Å². The number of ether oxygens (including phenoxy) is 1. The number of nitrogens with one attached hydrogen (secondary N) is 1. The molecular weight excluding hydrogens is 336 g/mol. The number of carbonyl (C=O) groups excluding carboxylic acids is 1. The van der Waals surface area contributed by atoms with Crippen molar-refractivity contribution in [2.24, 2.45) is 0 Å². The number of aromatic amines is 1. The van der Waals surface area contributed by atoms with E-state index in [0.717, 1.165) is 24.4 Å². The molecule has 1 atom stereocenters. The van der Waals surface area contributed by atoms with E-state index in [2.05, 4.69) is 30.7 Å². The molecule has 1 N–H and O–H groups in total. The van der Waals surface area contributed by atoms with Gasteiger partial charge in [0.15, 0.2) is 12.4 Å². The van der Waals surface area contributed by atoms with Crippen molar-refractivity contribution in [3.05, 3.63) is 42.2 Å². The first-order valence-corrected chi connectivity index (χ1v) is 8.35. The van der Waals surface area contributed by atoms with E-state index in [0.29, 0.717) is 18.1 Å². The van der Waals surface area contributed by atoms with Crippen molar-refractivity contribution in [3.8, 4) is 11.4 Å². The Hall–Kier alpha value is -3.30. The van der Waals surface area contributed by atoms with Gasteiger partial charge in [-0.15, -0.1) is 5.10 Å². The number of benzene rings is 1. The van der Waals surface area contributed by atoms with Gasteiger partial charge in [-0.3, -0.25) is 9.89 Å². The number of likely N-dealkylation sites (tertiary alicyclic amines) is 1. The second-order valence-corrected chi connectivity index (χ2v) is 6.06. The predicted octanol–water partition coefficient (Wildman–Crippen LogP) is 0.831. The summed E-state index contributed by atoms with van der Waals surface area (Å²) in [5.74, 6) is 1.96. The Bertz CT molecular complexity index is 874. The number of carbonyl (C=O) groups is 1. The van der Waals surface area contributed by atoms with Gasteiger partial charge in [-0.2, -0.15) is 5.10 Å². The van der Waals surface area contributed by atoms with Crippen LogP contribution in [0.4, 0.5) is 0 Å². The molecule has 10 nitrogen and oxygen atoms in total. The largest absolute Gasteiger partial charge is 0.484 e. The number of aromatic nitrogens is 7. The summed E-state index contributed by atoms with van der Waals surface area (Å²) < 4.78 is 7.19. The first-order valence-electron chi connectivity index (χ1n) is 8.35. The summed E-state index contributed by atoms with van der Waals surface area (Å²) in [6.07, 6.45) is 3.31. The van der Waals surface area contributed by atoms with Crippen LogP contribution in [0.5, 0.6) is 5.75 Å². The van der Waals surface area contributed by atoms with E-state index >= 15 is 0 Å². The first-order chi connectivity index (χ1) is 12.7. The van der Waals surface area contributed by atoms with E-state index < -0.39 is 0 Å². The zero-order valence-electron chi connectivity index (χ0n) is 14.2. The van der Waals surface area contributed by atoms with Crippen molar-refractivity contribution in [2.45, 2.75) is 25.8 Å². The molecule has 1 amide bonds. The van der Waals surface area contributed by atoms with E-state index in [1.165, 1.54) is 6.33 Å². The number of amides is 1. The fourth-order valence-corrected chi connectivity index (χ4v) is 3.05. The van der Waals surface area contributed by atoms with Crippen molar-refractivity contribution in [2.75, 3.05) is 13.2 Å². The Morgan fingerprint density at radius 2 is 2.19 bits per heavy atom. The van der Waals surface area contributed by atoms with E-state index in [-0.39, 0.29) is 18.6 Å². The molecule has 134 valence electrons. The summed E-state index contributed by atoms with van der Waals surface area (Å²) >= 11 is 0. The molecule has 4 rings (SSSR count). The second-order valence-electron chi connectivity index (χ2n) is 6.06. The average molecular weight is 354 g/mol. The van der Waals surface area contributed by atoms with Crippen LogP contribution >= 0.6 is 0 Å². The van der Waals surface area contributed by atoms with Gasteiger partial charge in [-0.05, 0) is 54.5 Å². The highest BCUT2D eigenvalue weighted by Gasteiger charge is 2.32. The standard InChI is InChI=1S/C16H18N8O2/c1-11-18-16(20-19-11)14-3-2-8-23(14)15(25)9-26-13-6-4-12(5-7-13)24-10-17-21-22-24/h4-7,10,14H,2-3,8-9H2,1H3,(H,18,19,20)/t14-/m1/s1. The van der Waals surface area contributed by atoms with Gasteiger partial charge in [-0.1, -0.05) is 0 Å². The van der Waals surface area contributed by atoms with Crippen molar-refractivity contribution in [1.29, 1.82) is 0 Å². The third-order valence-electron chi connectivity index (χ3n) is 4.30. The van der Waals surface area contributed by atoms with Crippen LogP contribution in [0, 0.1) is 6.92 Å². The van der Waals surface area contributed by atoms with Crippen LogP contribution in [0.3, 0.4) is 0 Å². The highest BCUT2D eigenvalue weighted by molar-refractivity contribution is 5.78. The summed E-state index contributed by atoms with van der Waals surface area (Å²) in [5.41, 5.74) is 0.813. The van der Waals surface area contributed by atoms with Crippen LogP contribution in [0.25, 0.3) is 5.69 Å². The van der Waals surface area contributed by atoms with Crippen LogP contribution in [0.15, 0.2) is 30.6 Å². The summed E-state index contributed by atoms with van der Waals surface area (Å²) in [4.78, 5) is 18.7. The summed E-state index contributed by atoms with van der Waals surface area (Å²) in [6.45, 7) is 2.52. The minimum atomic E-state index is -0.0850. The monoisotopic (exact) mass is 354 g/mol. The molecule has 2 aromatic heterocycles. The summed E-state index contributed by atoms with van der Waals surface area (Å²) in [6, 6.07) is 7.13. The molecule has 1 saturated heterocycles. The van der Waals surface area contributed by atoms with Crippen LogP contribution in [-0.4, -0.2) is 59.3 Å². The van der Waals surface area contributed by atoms with E-state index in [1.54, 1.807) is 21.7 Å². The molecule has 0 spiro atoms. The molecule has 3 aromatic rings. The zero-order valence-corrected chi connectivity index (χ0v) is 14.2. The van der Waals surface area contributed by atoms with Crippen LogP contribution in [0.1, 0.15) is 30.5 Å². The lowest BCUT2D eigenvalue weighted by atomic mass is 10.2. The number of tetrazole rings is 1. The van der Waals surface area contributed by atoms with Gasteiger partial charge in [0.2, 0.25) is 0 Å². The number of hydrogen-bond donors (Lipinski definition) is 1. The van der Waals surface area contributed by atoms with Gasteiger partial charge in [-0.25, -0.2) is 9.67 Å². The van der Waals surface area contributed by atoms with Crippen molar-refractivity contribution >= 4 is 5.91 Å². The molecule has 0 aliphatic carbocycles. The quantitative estimate of drug-likeness (QED) is 0.721. The van der Waals surface area contributed by atoms with Gasteiger partial charge >= 0.3 is 0 Å². The molecule has 1 aliphatic rings. The minimum Gasteiger partial charge on any atom is -0.484 e. The van der Waals surface area contributed by atoms with Crippen molar-refractivity contribution < 1.29 is 9.53 Å². The molecule has 1 fully saturated rings. The lowest BCUT2D eigenvalue weighted by Crippen LogP contribution is -2.34. The Morgan fingerprint density at radius 1 is 1.35 bits per heavy atom. The van der Waals surface area contributed by atoms with Crippen LogP contribution in [-0.2, 0) is 4.79 Å². The predicted molar refractivity (Wildman–Crippen MR) is 89.5 cm³/mol. The molecule has 0 saturated carbocycles. The average Bonchev–Trinajstić information content (AvgIpc) is 3.40. The number of nitrogens with zero attached hydrogens (tertiary/aromatic N) is 7. The molecule has 1 aromatic carbocycles. The maximum absolute atomic E-state index is 12.6. The number of aryl methyl sites for hydroxylation is 1. The molecular formula is C16H18N8O2. The maximum atomic E-state index is 12.6. The fourth-order valence-electron chi connectivity index (χ4n) is 3.05. The van der Waals surface area contributed by atoms with E-state index in [9.17, 15) is 4.79 Å². The molecule has 3 heterocycles. The van der Waals surface area contributed by atoms with E-state index in [4.69, 9.17) is 4.74 Å². The number of hydrogen-bond acceptors (Lipinski definition) is 7. The SMILES string of the molecule is Cc1nc([C@H]2CCCN2C(=O)COc2ccc(-n3cnnn3)cc2)n[nH]1. The van der Waals surface area contributed by atoms with Gasteiger partial charge in [0, 0.05) is 6.54 Å². The topological polar surface area (TPSA) is 115 Å². The third kappa shape index (κ3) is 3.25. The van der Waals surface area contributed by atoms with Crippen molar-refractivity contribution in [1.82, 2.24) is 40.3 Å². The van der Waals surface area contributed by atoms with Crippen LogP contribution in [0.2, 0.25) is 0 Å². The normalized spacial score (nSPS) is 16.8. The van der Waals surface area contributed by atoms with Gasteiger partial charge < -0.3 is 9.64 Å². The van der Waals surface area contributed by atoms with Gasteiger partial charge in [0.05, 0.1) is 11.7 Å². The number of H-pyrrole nitrogens is 1. The minimum absolute atomic E-state index is 0.0237. The summed E-state index contributed by atoms with van der Waals surface area (Å²) in [7, 11) is 0. The Labute approximate surface area is 149 Å². The highest BCUT2D eigenvalue weighted by Crippen LogP contribution is 2.29. The molecule has 0 unspecified atom stereocenters. The third-order valence-corrected chi connectivity index (χ3v) is 4.30. The lowest BCUT2D eigenvalue weighted by Gasteiger charge is -2.22. The maximum Gasteiger partial charge on any atom is 0.261 e. The van der Waals surface area contributed by atoms with Crippen molar-refractivity contribution in [3.63, 3.8) is 0 Å². The Balaban J connectivity index is 1.37. The fraction of sp³-hybridized carbons (Fsp3) is 0.375. The van der Waals surface area contributed by atoms with Crippen LogP contribution < -0.4 is 4.74 Å². The van der Waals surface area contributed by atoms with E-state index in [1.807, 2.05) is 19.1 Å². The lowest BCUT2D eigenvalue weighted by molar-refractivity contribution is -0.134. The highest BCUT2D eigenvalue weighted by atomic mass is 16.5. The molecule has 26 heavy (non-hydrogen) atoms. The molecule has 10 heteroatoms.